The molecule has 0 spiro atoms. The standard InChI is InChI=1S/C14H17F3OS/c1-5-9(8-19(18)14(2,3)4)13-11(16)6-10(15)7-12(13)17/h5-7,9H,1,8H2,2-4H3/t9-,19-/m1/s1. The van der Waals surface area contributed by atoms with Gasteiger partial charge < -0.3 is 0 Å². The third kappa shape index (κ3) is 3.93. The van der Waals surface area contributed by atoms with Crippen molar-refractivity contribution in [2.45, 2.75) is 31.4 Å². The van der Waals surface area contributed by atoms with E-state index in [-0.39, 0.29) is 11.3 Å². The molecule has 106 valence electrons. The Morgan fingerprint density at radius 1 is 1.26 bits per heavy atom. The van der Waals surface area contributed by atoms with Gasteiger partial charge in [0.05, 0.1) is 0 Å². The second-order valence-corrected chi connectivity index (χ2v) is 7.50. The highest BCUT2D eigenvalue weighted by Gasteiger charge is 2.26. The van der Waals surface area contributed by atoms with Gasteiger partial charge in [-0.1, -0.05) is 6.08 Å². The summed E-state index contributed by atoms with van der Waals surface area (Å²) < 4.78 is 51.7. The summed E-state index contributed by atoms with van der Waals surface area (Å²) in [5.41, 5.74) is -0.283. The highest BCUT2D eigenvalue weighted by Crippen LogP contribution is 2.27. The Morgan fingerprint density at radius 3 is 2.11 bits per heavy atom. The van der Waals surface area contributed by atoms with Gasteiger partial charge in [0, 0.05) is 44.9 Å². The first-order chi connectivity index (χ1) is 8.66. The van der Waals surface area contributed by atoms with Crippen molar-refractivity contribution < 1.29 is 17.4 Å². The number of hydrogen-bond acceptors (Lipinski definition) is 1. The van der Waals surface area contributed by atoms with E-state index in [1.54, 1.807) is 20.8 Å². The molecule has 0 aliphatic rings. The second kappa shape index (κ2) is 5.90. The van der Waals surface area contributed by atoms with Crippen molar-refractivity contribution in [1.82, 2.24) is 0 Å². The summed E-state index contributed by atoms with van der Waals surface area (Å²) in [5.74, 6) is -3.63. The lowest BCUT2D eigenvalue weighted by Crippen LogP contribution is -2.27. The Morgan fingerprint density at radius 2 is 1.74 bits per heavy atom. The molecule has 0 aliphatic carbocycles. The maximum atomic E-state index is 13.7. The minimum absolute atomic E-state index is 0.0481. The van der Waals surface area contributed by atoms with Crippen LogP contribution in [0.1, 0.15) is 32.3 Å². The summed E-state index contributed by atoms with van der Waals surface area (Å²) in [6, 6.07) is 1.24. The van der Waals surface area contributed by atoms with Crippen LogP contribution in [0.25, 0.3) is 0 Å². The van der Waals surface area contributed by atoms with E-state index in [0.717, 1.165) is 0 Å². The SMILES string of the molecule is C=C[C@H](C[S@@](=O)C(C)(C)C)c1c(F)cc(F)cc1F. The van der Waals surface area contributed by atoms with Crippen molar-refractivity contribution >= 4 is 10.8 Å². The zero-order valence-electron chi connectivity index (χ0n) is 11.2. The Balaban J connectivity index is 3.12. The monoisotopic (exact) mass is 290 g/mol. The molecule has 0 saturated carbocycles. The lowest BCUT2D eigenvalue weighted by molar-refractivity contribution is 0.519. The predicted molar refractivity (Wildman–Crippen MR) is 72.0 cm³/mol. The van der Waals surface area contributed by atoms with Gasteiger partial charge in [0.15, 0.2) is 0 Å². The maximum absolute atomic E-state index is 13.7. The summed E-state index contributed by atoms with van der Waals surface area (Å²) in [6.07, 6.45) is 1.34. The highest BCUT2D eigenvalue weighted by atomic mass is 32.2. The summed E-state index contributed by atoms with van der Waals surface area (Å²) in [7, 11) is -1.29. The third-order valence-corrected chi connectivity index (χ3v) is 4.74. The molecule has 0 bridgehead atoms. The number of rotatable bonds is 4. The molecule has 19 heavy (non-hydrogen) atoms. The van der Waals surface area contributed by atoms with E-state index < -0.39 is 38.9 Å². The Kier molecular flexibility index (Phi) is 4.96. The van der Waals surface area contributed by atoms with Gasteiger partial charge in [-0.15, -0.1) is 6.58 Å². The maximum Gasteiger partial charge on any atom is 0.132 e. The first-order valence-corrected chi connectivity index (χ1v) is 7.14. The molecule has 1 aromatic rings. The fraction of sp³-hybridized carbons (Fsp3) is 0.429. The summed E-state index contributed by atoms with van der Waals surface area (Å²) in [4.78, 5) is 0. The fourth-order valence-corrected chi connectivity index (χ4v) is 2.72. The Bertz CT molecular complexity index is 483. The molecule has 0 unspecified atom stereocenters. The first kappa shape index (κ1) is 16.0. The first-order valence-electron chi connectivity index (χ1n) is 5.82. The molecule has 1 nitrogen and oxygen atoms in total. The van der Waals surface area contributed by atoms with Gasteiger partial charge in [0.2, 0.25) is 0 Å². The summed E-state index contributed by atoms with van der Waals surface area (Å²) >= 11 is 0. The van der Waals surface area contributed by atoms with Crippen LogP contribution in [-0.2, 0) is 10.8 Å². The van der Waals surface area contributed by atoms with Crippen LogP contribution in [-0.4, -0.2) is 14.7 Å². The molecule has 0 amide bonds. The highest BCUT2D eigenvalue weighted by molar-refractivity contribution is 7.86. The van der Waals surface area contributed by atoms with Crippen LogP contribution in [0.5, 0.6) is 0 Å². The zero-order chi connectivity index (χ0) is 14.8. The van der Waals surface area contributed by atoms with Gasteiger partial charge in [-0.05, 0) is 20.8 Å². The van der Waals surface area contributed by atoms with Crippen LogP contribution in [0.2, 0.25) is 0 Å². The number of benzene rings is 1. The average molecular weight is 290 g/mol. The average Bonchev–Trinajstić information content (AvgIpc) is 2.24. The van der Waals surface area contributed by atoms with E-state index in [0.29, 0.717) is 12.1 Å². The fourth-order valence-electron chi connectivity index (χ4n) is 1.59. The smallest absolute Gasteiger partial charge is 0.132 e. The molecule has 1 rings (SSSR count). The summed E-state index contributed by atoms with van der Waals surface area (Å²) in [6.45, 7) is 8.85. The molecule has 0 aromatic heterocycles. The van der Waals surface area contributed by atoms with Gasteiger partial charge >= 0.3 is 0 Å². The summed E-state index contributed by atoms with van der Waals surface area (Å²) in [5, 5.41) is 0. The van der Waals surface area contributed by atoms with E-state index in [4.69, 9.17) is 0 Å². The van der Waals surface area contributed by atoms with Gasteiger partial charge in [-0.25, -0.2) is 13.2 Å². The topological polar surface area (TPSA) is 17.1 Å². The van der Waals surface area contributed by atoms with E-state index >= 15 is 0 Å². The van der Waals surface area contributed by atoms with Crippen LogP contribution >= 0.6 is 0 Å². The van der Waals surface area contributed by atoms with E-state index in [9.17, 15) is 17.4 Å². The van der Waals surface area contributed by atoms with Crippen LogP contribution in [0.3, 0.4) is 0 Å². The largest absolute Gasteiger partial charge is 0.259 e. The third-order valence-electron chi connectivity index (χ3n) is 2.71. The minimum atomic E-state index is -1.29. The van der Waals surface area contributed by atoms with E-state index in [2.05, 4.69) is 6.58 Å². The van der Waals surface area contributed by atoms with Crippen molar-refractivity contribution in [3.05, 3.63) is 47.8 Å². The van der Waals surface area contributed by atoms with Crippen LogP contribution in [0.4, 0.5) is 13.2 Å². The number of hydrogen-bond donors (Lipinski definition) is 0. The van der Waals surface area contributed by atoms with Crippen molar-refractivity contribution in [3.63, 3.8) is 0 Å². The molecule has 1 aromatic carbocycles. The quantitative estimate of drug-likeness (QED) is 0.768. The van der Waals surface area contributed by atoms with Crippen molar-refractivity contribution in [2.24, 2.45) is 0 Å². The van der Waals surface area contributed by atoms with Crippen molar-refractivity contribution in [1.29, 1.82) is 0 Å². The molecule has 0 N–H and O–H groups in total. The van der Waals surface area contributed by atoms with Crippen molar-refractivity contribution in [2.75, 3.05) is 5.75 Å². The molecule has 5 heteroatoms. The van der Waals surface area contributed by atoms with Crippen LogP contribution in [0, 0.1) is 17.5 Å². The van der Waals surface area contributed by atoms with Gasteiger partial charge in [-0.3, -0.25) is 4.21 Å². The van der Waals surface area contributed by atoms with Crippen LogP contribution < -0.4 is 0 Å². The molecule has 0 heterocycles. The lowest BCUT2D eigenvalue weighted by atomic mass is 10.00. The molecule has 0 saturated heterocycles. The number of allylic oxidation sites excluding steroid dienone is 1. The molecule has 0 radical (unpaired) electrons. The van der Waals surface area contributed by atoms with Crippen molar-refractivity contribution in [3.8, 4) is 0 Å². The minimum Gasteiger partial charge on any atom is -0.259 e. The van der Waals surface area contributed by atoms with Crippen LogP contribution in [0.15, 0.2) is 24.8 Å². The number of halogens is 3. The molecule has 2 atom stereocenters. The second-order valence-electron chi connectivity index (χ2n) is 5.25. The zero-order valence-corrected chi connectivity index (χ0v) is 12.0. The normalized spacial score (nSPS) is 15.1. The molecule has 0 aliphatic heterocycles. The Labute approximate surface area is 114 Å². The lowest BCUT2D eigenvalue weighted by Gasteiger charge is -2.22. The van der Waals surface area contributed by atoms with Gasteiger partial charge in [-0.2, -0.15) is 0 Å². The predicted octanol–water partition coefficient (Wildman–Crippen LogP) is 3.92. The van der Waals surface area contributed by atoms with E-state index in [1.807, 2.05) is 0 Å². The molecule has 0 fully saturated rings. The van der Waals surface area contributed by atoms with E-state index in [1.165, 1.54) is 6.08 Å². The Hall–Kier alpha value is -1.10. The van der Waals surface area contributed by atoms with Gasteiger partial charge in [0.1, 0.15) is 17.5 Å². The molecular formula is C14H17F3OS. The van der Waals surface area contributed by atoms with Gasteiger partial charge in [0.25, 0.3) is 0 Å². The molecular weight excluding hydrogens is 273 g/mol.